The summed E-state index contributed by atoms with van der Waals surface area (Å²) >= 11 is 24.6. The lowest BCUT2D eigenvalue weighted by Crippen LogP contribution is -2.15. The molecule has 3 atom stereocenters. The van der Waals surface area contributed by atoms with Crippen molar-refractivity contribution in [2.75, 3.05) is 0 Å². The summed E-state index contributed by atoms with van der Waals surface area (Å²) in [7, 11) is 0. The fraction of sp³-hybridized carbons (Fsp3) is 0.412. The van der Waals surface area contributed by atoms with Crippen LogP contribution in [0, 0.1) is 0 Å². The van der Waals surface area contributed by atoms with Gasteiger partial charge in [-0.1, -0.05) is 67.3 Å². The smallest absolute Gasteiger partial charge is 0.125 e. The van der Waals surface area contributed by atoms with Gasteiger partial charge in [0.15, 0.2) is 0 Å². The van der Waals surface area contributed by atoms with Crippen molar-refractivity contribution in [1.82, 2.24) is 9.55 Å². The number of nitrogens with zero attached hydrogens (tertiary/aromatic N) is 2. The van der Waals surface area contributed by atoms with Crippen molar-refractivity contribution in [3.63, 3.8) is 0 Å². The fourth-order valence-corrected chi connectivity index (χ4v) is 4.63. The van der Waals surface area contributed by atoms with Gasteiger partial charge in [0.05, 0.1) is 15.8 Å². The van der Waals surface area contributed by atoms with Crippen molar-refractivity contribution in [1.29, 1.82) is 0 Å². The second-order valence-electron chi connectivity index (χ2n) is 5.45. The number of rotatable bonds is 8. The van der Waals surface area contributed by atoms with E-state index in [2.05, 4.69) is 24.5 Å². The third kappa shape index (κ3) is 5.67. The van der Waals surface area contributed by atoms with E-state index >= 15 is 0 Å². The van der Waals surface area contributed by atoms with Gasteiger partial charge in [0.1, 0.15) is 5.50 Å². The quantitative estimate of drug-likeness (QED) is 0.297. The zero-order valence-corrected chi connectivity index (χ0v) is 17.3. The molecule has 0 aliphatic carbocycles. The molecule has 1 aromatic carbocycles. The lowest BCUT2D eigenvalue weighted by Gasteiger charge is -2.25. The predicted octanol–water partition coefficient (Wildman–Crippen LogP) is 6.56. The number of unbranched alkanes of at least 4 members (excludes halogenated alkanes) is 1. The van der Waals surface area contributed by atoms with Crippen LogP contribution in [0.4, 0.5) is 0 Å². The van der Waals surface area contributed by atoms with Crippen LogP contribution in [-0.4, -0.2) is 19.0 Å². The maximum Gasteiger partial charge on any atom is 0.125 e. The van der Waals surface area contributed by atoms with Crippen molar-refractivity contribution in [2.24, 2.45) is 0 Å². The average Bonchev–Trinajstić information content (AvgIpc) is 3.12. The summed E-state index contributed by atoms with van der Waals surface area (Å²) in [4.78, 5) is 4.09. The summed E-state index contributed by atoms with van der Waals surface area (Å²) in [5.41, 5.74) is 0.778. The first-order valence-electron chi connectivity index (χ1n) is 7.78. The normalized spacial score (nSPS) is 15.0. The van der Waals surface area contributed by atoms with Crippen LogP contribution in [0.1, 0.15) is 42.5 Å². The lowest BCUT2D eigenvalue weighted by atomic mass is 10.1. The van der Waals surface area contributed by atoms with Gasteiger partial charge in [-0.05, 0) is 24.1 Å². The number of imidazole rings is 1. The fourth-order valence-electron chi connectivity index (χ4n) is 2.23. The van der Waals surface area contributed by atoms with Crippen LogP contribution in [0.15, 0.2) is 43.0 Å². The molecule has 24 heavy (non-hydrogen) atoms. The highest BCUT2D eigenvalue weighted by atomic mass is 35.5. The minimum absolute atomic E-state index is 0.0399. The van der Waals surface area contributed by atoms with E-state index in [0.29, 0.717) is 5.02 Å². The molecule has 2 rings (SSSR count). The molecule has 0 radical (unpaired) electrons. The molecule has 0 N–H and O–H groups in total. The second-order valence-corrected chi connectivity index (χ2v) is 8.84. The summed E-state index contributed by atoms with van der Waals surface area (Å²) in [6.45, 7) is 2.17. The Morgan fingerprint density at radius 3 is 2.67 bits per heavy atom. The summed E-state index contributed by atoms with van der Waals surface area (Å²) in [6, 6.07) is 7.74. The van der Waals surface area contributed by atoms with Gasteiger partial charge < -0.3 is 4.57 Å². The van der Waals surface area contributed by atoms with Crippen molar-refractivity contribution in [3.05, 3.63) is 53.6 Å². The highest BCUT2D eigenvalue weighted by Gasteiger charge is 2.26. The third-order valence-corrected chi connectivity index (χ3v) is 7.22. The highest BCUT2D eigenvalue weighted by Crippen LogP contribution is 2.43. The Morgan fingerprint density at radius 1 is 1.38 bits per heavy atom. The van der Waals surface area contributed by atoms with Gasteiger partial charge in [-0.3, -0.25) is 0 Å². The summed E-state index contributed by atoms with van der Waals surface area (Å²) in [5, 5.41) is 0.752. The second kappa shape index (κ2) is 10.1. The predicted molar refractivity (Wildman–Crippen MR) is 114 cm³/mol. The van der Waals surface area contributed by atoms with Gasteiger partial charge >= 0.3 is 0 Å². The minimum Gasteiger partial charge on any atom is -0.319 e. The van der Waals surface area contributed by atoms with E-state index < -0.39 is 0 Å². The van der Waals surface area contributed by atoms with Crippen molar-refractivity contribution in [2.45, 2.75) is 42.2 Å². The van der Waals surface area contributed by atoms with E-state index in [-0.39, 0.29) is 16.0 Å². The maximum atomic E-state index is 6.73. The Balaban J connectivity index is 2.19. The standard InChI is InChI=1S/C17H20Cl2N2S3/c1-2-3-4-14(22)17(23)24-15(12-5-7-13(18)8-6-12)16(19)21-10-9-20-11-21/h5-11,14-16,22H,2-4H2,1H3. The largest absolute Gasteiger partial charge is 0.319 e. The highest BCUT2D eigenvalue weighted by molar-refractivity contribution is 8.24. The molecule has 2 nitrogen and oxygen atoms in total. The number of hydrogen-bond donors (Lipinski definition) is 1. The monoisotopic (exact) mass is 418 g/mol. The van der Waals surface area contributed by atoms with Crippen LogP contribution in [0.2, 0.25) is 5.02 Å². The number of benzene rings is 1. The Kier molecular flexibility index (Phi) is 8.44. The Hall–Kier alpha value is -0.200. The molecular formula is C17H20Cl2N2S3. The number of aromatic nitrogens is 2. The van der Waals surface area contributed by atoms with Crippen LogP contribution in [0.3, 0.4) is 0 Å². The molecule has 0 aliphatic rings. The van der Waals surface area contributed by atoms with E-state index in [1.807, 2.05) is 35.0 Å². The molecular weight excluding hydrogens is 399 g/mol. The van der Waals surface area contributed by atoms with E-state index in [0.717, 1.165) is 29.0 Å². The molecule has 0 bridgehead atoms. The van der Waals surface area contributed by atoms with Crippen LogP contribution < -0.4 is 0 Å². The molecule has 130 valence electrons. The number of thioether (sulfide) groups is 1. The summed E-state index contributed by atoms with van der Waals surface area (Å²) < 4.78 is 2.76. The number of hydrogen-bond acceptors (Lipinski definition) is 4. The first-order chi connectivity index (χ1) is 11.5. The minimum atomic E-state index is -0.302. The van der Waals surface area contributed by atoms with Crippen LogP contribution in [0.25, 0.3) is 0 Å². The van der Waals surface area contributed by atoms with Crippen molar-refractivity contribution in [3.8, 4) is 0 Å². The van der Waals surface area contributed by atoms with E-state index in [9.17, 15) is 0 Å². The molecule has 0 fully saturated rings. The molecule has 0 amide bonds. The van der Waals surface area contributed by atoms with Crippen LogP contribution in [-0.2, 0) is 0 Å². The first-order valence-corrected chi connectivity index (χ1v) is 10.4. The first kappa shape index (κ1) is 20.1. The molecule has 0 aliphatic heterocycles. The molecule has 0 saturated heterocycles. The molecule has 7 heteroatoms. The topological polar surface area (TPSA) is 17.8 Å². The Bertz CT molecular complexity index is 632. The van der Waals surface area contributed by atoms with E-state index in [1.54, 1.807) is 24.3 Å². The summed E-state index contributed by atoms with van der Waals surface area (Å²) in [6.07, 6.45) is 8.54. The number of thiol groups is 1. The van der Waals surface area contributed by atoms with Crippen LogP contribution >= 0.6 is 59.8 Å². The molecule has 2 aromatic rings. The Morgan fingerprint density at radius 2 is 2.08 bits per heavy atom. The van der Waals surface area contributed by atoms with Gasteiger partial charge in [-0.25, -0.2) is 4.98 Å². The van der Waals surface area contributed by atoms with Gasteiger partial charge in [0.25, 0.3) is 0 Å². The molecule has 3 unspecified atom stereocenters. The van der Waals surface area contributed by atoms with Crippen molar-refractivity contribution >= 4 is 64.0 Å². The zero-order valence-electron chi connectivity index (χ0n) is 13.3. The van der Waals surface area contributed by atoms with E-state index in [4.69, 9.17) is 35.4 Å². The average molecular weight is 419 g/mol. The number of halogens is 2. The molecule has 0 saturated carbocycles. The van der Waals surface area contributed by atoms with Gasteiger partial charge in [-0.2, -0.15) is 12.6 Å². The van der Waals surface area contributed by atoms with Crippen LogP contribution in [0.5, 0.6) is 0 Å². The molecule has 1 aromatic heterocycles. The maximum absolute atomic E-state index is 6.73. The Labute approximate surface area is 168 Å². The van der Waals surface area contributed by atoms with Gasteiger partial charge in [0.2, 0.25) is 0 Å². The lowest BCUT2D eigenvalue weighted by molar-refractivity contribution is 0.653. The zero-order chi connectivity index (χ0) is 17.5. The SMILES string of the molecule is CCCCC(S)C(=S)SC(c1ccc(Cl)cc1)C(Cl)n1ccnc1. The van der Waals surface area contributed by atoms with E-state index in [1.165, 1.54) is 0 Å². The third-order valence-electron chi connectivity index (χ3n) is 3.60. The number of alkyl halides is 1. The molecule has 1 heterocycles. The summed E-state index contributed by atoms with van der Waals surface area (Å²) in [5.74, 6) is 0. The molecule has 0 spiro atoms. The van der Waals surface area contributed by atoms with Gasteiger partial charge in [-0.15, -0.1) is 11.8 Å². The number of thiocarbonyl (C=S) groups is 1. The van der Waals surface area contributed by atoms with Crippen molar-refractivity contribution < 1.29 is 0 Å². The van der Waals surface area contributed by atoms with Gasteiger partial charge in [0, 0.05) is 22.7 Å².